The normalized spacial score (nSPS) is 18.2. The maximum atomic E-state index is 13.5. The van der Waals surface area contributed by atoms with Crippen LogP contribution in [0.15, 0.2) is 18.2 Å². The van der Waals surface area contributed by atoms with Crippen molar-refractivity contribution in [2.45, 2.75) is 52.7 Å². The second-order valence-corrected chi connectivity index (χ2v) is 7.38. The smallest absolute Gasteiger partial charge is 0.410 e. The van der Waals surface area contributed by atoms with Gasteiger partial charge in [0.05, 0.1) is 6.04 Å². The first-order valence-electron chi connectivity index (χ1n) is 8.66. The molecule has 1 aliphatic heterocycles. The zero-order valence-corrected chi connectivity index (χ0v) is 15.6. The van der Waals surface area contributed by atoms with Crippen LogP contribution in [0.1, 0.15) is 51.3 Å². The Bertz CT molecular complexity index is 655. The van der Waals surface area contributed by atoms with E-state index in [2.05, 4.69) is 0 Å². The number of amides is 2. The maximum Gasteiger partial charge on any atom is 0.410 e. The minimum atomic E-state index is -0.601. The first-order valence-corrected chi connectivity index (χ1v) is 8.66. The summed E-state index contributed by atoms with van der Waals surface area (Å²) in [6.45, 7) is 10.3. The fraction of sp³-hybridized carbons (Fsp3) is 0.579. The van der Waals surface area contributed by atoms with Crippen LogP contribution >= 0.6 is 0 Å². The van der Waals surface area contributed by atoms with Crippen LogP contribution in [0.2, 0.25) is 0 Å². The van der Waals surface area contributed by atoms with Crippen LogP contribution in [-0.2, 0) is 9.53 Å². The summed E-state index contributed by atoms with van der Waals surface area (Å²) in [6.07, 6.45) is 0.00601. The predicted molar refractivity (Wildman–Crippen MR) is 93.7 cm³/mol. The third kappa shape index (κ3) is 4.71. The molecule has 1 saturated heterocycles. The van der Waals surface area contributed by atoms with Gasteiger partial charge in [0, 0.05) is 26.1 Å². The molecule has 1 aromatic rings. The van der Waals surface area contributed by atoms with Gasteiger partial charge in [-0.3, -0.25) is 9.69 Å². The zero-order chi connectivity index (χ0) is 18.8. The summed E-state index contributed by atoms with van der Waals surface area (Å²) < 4.78 is 19.0. The fourth-order valence-corrected chi connectivity index (χ4v) is 3.05. The Morgan fingerprint density at radius 1 is 1.28 bits per heavy atom. The van der Waals surface area contributed by atoms with E-state index < -0.39 is 11.7 Å². The number of carbonyl (C=O) groups excluding carboxylic acids is 2. The highest BCUT2D eigenvalue weighted by atomic mass is 19.1. The second kappa shape index (κ2) is 7.42. The van der Waals surface area contributed by atoms with Crippen molar-refractivity contribution in [2.75, 3.05) is 19.6 Å². The Morgan fingerprint density at radius 3 is 2.52 bits per heavy atom. The van der Waals surface area contributed by atoms with Gasteiger partial charge in [-0.25, -0.2) is 9.18 Å². The van der Waals surface area contributed by atoms with Gasteiger partial charge in [0.1, 0.15) is 11.4 Å². The van der Waals surface area contributed by atoms with E-state index in [1.54, 1.807) is 15.9 Å². The molecule has 1 aromatic carbocycles. The molecule has 1 heterocycles. The van der Waals surface area contributed by atoms with Gasteiger partial charge in [-0.2, -0.15) is 0 Å². The van der Waals surface area contributed by atoms with Crippen LogP contribution in [-0.4, -0.2) is 47.0 Å². The van der Waals surface area contributed by atoms with E-state index in [0.717, 1.165) is 11.1 Å². The van der Waals surface area contributed by atoms with E-state index >= 15 is 0 Å². The SMILES string of the molecule is CCC(=O)N1CCN(C(=O)OC(C)(C)C)C(c2ccc(F)cc2C)C1. The van der Waals surface area contributed by atoms with Crippen molar-refractivity contribution in [1.82, 2.24) is 9.80 Å². The summed E-state index contributed by atoms with van der Waals surface area (Å²) in [4.78, 5) is 28.2. The highest BCUT2D eigenvalue weighted by Gasteiger charge is 2.36. The molecule has 5 nitrogen and oxygen atoms in total. The van der Waals surface area contributed by atoms with Gasteiger partial charge < -0.3 is 9.64 Å². The van der Waals surface area contributed by atoms with Crippen molar-refractivity contribution in [3.05, 3.63) is 35.1 Å². The standard InChI is InChI=1S/C19H27FN2O3/c1-6-17(23)21-9-10-22(18(24)25-19(3,4)5)16(12-21)15-8-7-14(20)11-13(15)2/h7-8,11,16H,6,9-10,12H2,1-5H3. The molecule has 0 N–H and O–H groups in total. The Kier molecular flexibility index (Phi) is 5.70. The molecule has 138 valence electrons. The number of halogens is 1. The van der Waals surface area contributed by atoms with Crippen LogP contribution in [0.3, 0.4) is 0 Å². The van der Waals surface area contributed by atoms with Crippen molar-refractivity contribution in [3.63, 3.8) is 0 Å². The molecule has 0 bridgehead atoms. The lowest BCUT2D eigenvalue weighted by Gasteiger charge is -2.42. The lowest BCUT2D eigenvalue weighted by Crippen LogP contribution is -2.53. The minimum Gasteiger partial charge on any atom is -0.444 e. The molecular formula is C19H27FN2O3. The second-order valence-electron chi connectivity index (χ2n) is 7.38. The molecule has 0 aliphatic carbocycles. The van der Waals surface area contributed by atoms with Crippen LogP contribution in [0.4, 0.5) is 9.18 Å². The van der Waals surface area contributed by atoms with Crippen LogP contribution in [0.25, 0.3) is 0 Å². The van der Waals surface area contributed by atoms with E-state index in [1.807, 2.05) is 34.6 Å². The number of rotatable bonds is 2. The van der Waals surface area contributed by atoms with Gasteiger partial charge in [-0.05, 0) is 51.0 Å². The number of nitrogens with zero attached hydrogens (tertiary/aromatic N) is 2. The molecule has 0 saturated carbocycles. The molecule has 1 atom stereocenters. The topological polar surface area (TPSA) is 49.9 Å². The Balaban J connectivity index is 2.34. The van der Waals surface area contributed by atoms with Gasteiger partial charge in [0.15, 0.2) is 0 Å². The molecule has 0 aromatic heterocycles. The third-order valence-corrected chi connectivity index (χ3v) is 4.25. The Labute approximate surface area is 148 Å². The van der Waals surface area contributed by atoms with Gasteiger partial charge >= 0.3 is 6.09 Å². The predicted octanol–water partition coefficient (Wildman–Crippen LogP) is 3.66. The number of piperazine rings is 1. The lowest BCUT2D eigenvalue weighted by atomic mass is 9.97. The molecular weight excluding hydrogens is 323 g/mol. The summed E-state index contributed by atoms with van der Waals surface area (Å²) in [6, 6.07) is 4.17. The van der Waals surface area contributed by atoms with Crippen molar-refractivity contribution >= 4 is 12.0 Å². The number of ether oxygens (including phenoxy) is 1. The first kappa shape index (κ1) is 19.2. The molecule has 25 heavy (non-hydrogen) atoms. The number of carbonyl (C=O) groups is 2. The third-order valence-electron chi connectivity index (χ3n) is 4.25. The average Bonchev–Trinajstić information content (AvgIpc) is 2.52. The minimum absolute atomic E-state index is 0.0496. The molecule has 0 radical (unpaired) electrons. The zero-order valence-electron chi connectivity index (χ0n) is 15.6. The molecule has 1 aliphatic rings. The first-order chi connectivity index (χ1) is 11.6. The summed E-state index contributed by atoms with van der Waals surface area (Å²) >= 11 is 0. The van der Waals surface area contributed by atoms with E-state index in [0.29, 0.717) is 26.1 Å². The fourth-order valence-electron chi connectivity index (χ4n) is 3.05. The monoisotopic (exact) mass is 350 g/mol. The molecule has 1 fully saturated rings. The summed E-state index contributed by atoms with van der Waals surface area (Å²) in [5, 5.41) is 0. The van der Waals surface area contributed by atoms with Crippen molar-refractivity contribution in [3.8, 4) is 0 Å². The van der Waals surface area contributed by atoms with E-state index in [-0.39, 0.29) is 17.8 Å². The Morgan fingerprint density at radius 2 is 1.96 bits per heavy atom. The summed E-state index contributed by atoms with van der Waals surface area (Å²) in [5.41, 5.74) is 0.987. The van der Waals surface area contributed by atoms with Gasteiger partial charge in [-0.1, -0.05) is 13.0 Å². The van der Waals surface area contributed by atoms with Crippen LogP contribution in [0.5, 0.6) is 0 Å². The maximum absolute atomic E-state index is 13.5. The highest BCUT2D eigenvalue weighted by molar-refractivity contribution is 5.76. The van der Waals surface area contributed by atoms with E-state index in [4.69, 9.17) is 4.74 Å². The number of hydrogen-bond acceptors (Lipinski definition) is 3. The largest absolute Gasteiger partial charge is 0.444 e. The molecule has 1 unspecified atom stereocenters. The van der Waals surface area contributed by atoms with Crippen molar-refractivity contribution in [1.29, 1.82) is 0 Å². The quantitative estimate of drug-likeness (QED) is 0.818. The van der Waals surface area contributed by atoms with Gasteiger partial charge in [-0.15, -0.1) is 0 Å². The van der Waals surface area contributed by atoms with Crippen molar-refractivity contribution < 1.29 is 18.7 Å². The highest BCUT2D eigenvalue weighted by Crippen LogP contribution is 2.30. The van der Waals surface area contributed by atoms with Crippen molar-refractivity contribution in [2.24, 2.45) is 0 Å². The van der Waals surface area contributed by atoms with Crippen LogP contribution < -0.4 is 0 Å². The van der Waals surface area contributed by atoms with E-state index in [9.17, 15) is 14.0 Å². The number of benzene rings is 1. The molecule has 2 amide bonds. The Hall–Kier alpha value is -2.11. The van der Waals surface area contributed by atoms with Gasteiger partial charge in [0.25, 0.3) is 0 Å². The molecule has 2 rings (SSSR count). The van der Waals surface area contributed by atoms with Gasteiger partial charge in [0.2, 0.25) is 5.91 Å². The number of aryl methyl sites for hydroxylation is 1. The lowest BCUT2D eigenvalue weighted by molar-refractivity contribution is -0.134. The average molecular weight is 350 g/mol. The summed E-state index contributed by atoms with van der Waals surface area (Å²) in [7, 11) is 0. The van der Waals surface area contributed by atoms with E-state index in [1.165, 1.54) is 12.1 Å². The number of hydrogen-bond donors (Lipinski definition) is 0. The molecule has 6 heteroatoms. The van der Waals surface area contributed by atoms with Crippen LogP contribution in [0, 0.1) is 12.7 Å². The molecule has 0 spiro atoms. The summed E-state index contributed by atoms with van der Waals surface area (Å²) in [5.74, 6) is -0.268.